The van der Waals surface area contributed by atoms with Gasteiger partial charge in [-0.15, -0.1) is 11.8 Å². The second-order valence-electron chi connectivity index (χ2n) is 5.35. The highest BCUT2D eigenvalue weighted by Gasteiger charge is 2.14. The zero-order valence-corrected chi connectivity index (χ0v) is 13.5. The molecule has 0 bridgehead atoms. The number of halogens is 1. The first-order valence-corrected chi connectivity index (χ1v) is 7.66. The Morgan fingerprint density at radius 1 is 1.35 bits per heavy atom. The van der Waals surface area contributed by atoms with E-state index in [0.29, 0.717) is 0 Å². The predicted octanol–water partition coefficient (Wildman–Crippen LogP) is 4.62. The lowest BCUT2D eigenvalue weighted by atomic mass is 10.1. The monoisotopic (exact) mass is 315 g/mol. The highest BCUT2D eigenvalue weighted by molar-refractivity contribution is 9.10. The lowest BCUT2D eigenvalue weighted by Gasteiger charge is -2.19. The highest BCUT2D eigenvalue weighted by atomic mass is 79.9. The third-order valence-electron chi connectivity index (χ3n) is 2.43. The summed E-state index contributed by atoms with van der Waals surface area (Å²) in [7, 11) is 0. The summed E-state index contributed by atoms with van der Waals surface area (Å²) < 4.78 is 1.42. The van der Waals surface area contributed by atoms with Crippen molar-refractivity contribution in [2.45, 2.75) is 56.2 Å². The maximum atomic E-state index is 5.97. The van der Waals surface area contributed by atoms with Crippen LogP contribution in [0.15, 0.2) is 27.6 Å². The SMILES string of the molecule is CCC(N)Cc1ccc(SC(C)(C)C)c(Br)c1. The summed E-state index contributed by atoms with van der Waals surface area (Å²) in [6.45, 7) is 8.81. The van der Waals surface area contributed by atoms with E-state index in [-0.39, 0.29) is 10.8 Å². The van der Waals surface area contributed by atoms with E-state index in [1.54, 1.807) is 0 Å². The third-order valence-corrected chi connectivity index (χ3v) is 4.54. The summed E-state index contributed by atoms with van der Waals surface area (Å²) in [5.41, 5.74) is 7.28. The molecule has 1 atom stereocenters. The molecule has 1 unspecified atom stereocenters. The normalized spacial score (nSPS) is 13.8. The quantitative estimate of drug-likeness (QED) is 0.820. The molecule has 0 spiro atoms. The van der Waals surface area contributed by atoms with E-state index >= 15 is 0 Å². The van der Waals surface area contributed by atoms with Crippen LogP contribution in [0.2, 0.25) is 0 Å². The Bertz CT molecular complexity index is 371. The van der Waals surface area contributed by atoms with Crippen molar-refractivity contribution >= 4 is 27.7 Å². The number of benzene rings is 1. The molecule has 1 aromatic carbocycles. The molecule has 0 saturated heterocycles. The Kier molecular flexibility index (Phi) is 5.55. The second kappa shape index (κ2) is 6.26. The van der Waals surface area contributed by atoms with Crippen LogP contribution in [0.25, 0.3) is 0 Å². The minimum atomic E-state index is 0.240. The zero-order chi connectivity index (χ0) is 13.1. The Balaban J connectivity index is 2.79. The van der Waals surface area contributed by atoms with Crippen molar-refractivity contribution in [2.24, 2.45) is 5.73 Å². The lowest BCUT2D eigenvalue weighted by molar-refractivity contribution is 0.646. The molecule has 0 aliphatic carbocycles. The first-order chi connectivity index (χ1) is 7.81. The smallest absolute Gasteiger partial charge is 0.0314 e. The molecule has 17 heavy (non-hydrogen) atoms. The number of hydrogen-bond acceptors (Lipinski definition) is 2. The van der Waals surface area contributed by atoms with Gasteiger partial charge in [-0.25, -0.2) is 0 Å². The average molecular weight is 316 g/mol. The standard InChI is InChI=1S/C14H22BrNS/c1-5-11(16)8-10-6-7-13(12(15)9-10)17-14(2,3)4/h6-7,9,11H,5,8,16H2,1-4H3. The van der Waals surface area contributed by atoms with Crippen molar-refractivity contribution in [1.29, 1.82) is 0 Å². The van der Waals surface area contributed by atoms with Gasteiger partial charge < -0.3 is 5.73 Å². The van der Waals surface area contributed by atoms with Gasteiger partial charge in [0.15, 0.2) is 0 Å². The minimum Gasteiger partial charge on any atom is -0.327 e. The van der Waals surface area contributed by atoms with Crippen LogP contribution in [0.1, 0.15) is 39.7 Å². The van der Waals surface area contributed by atoms with Gasteiger partial charge in [0, 0.05) is 20.2 Å². The van der Waals surface area contributed by atoms with Crippen LogP contribution in [0.3, 0.4) is 0 Å². The largest absolute Gasteiger partial charge is 0.327 e. The van der Waals surface area contributed by atoms with E-state index in [9.17, 15) is 0 Å². The summed E-state index contributed by atoms with van der Waals surface area (Å²) in [5, 5.41) is 0. The number of hydrogen-bond donors (Lipinski definition) is 1. The van der Waals surface area contributed by atoms with E-state index in [1.165, 1.54) is 14.9 Å². The zero-order valence-electron chi connectivity index (χ0n) is 11.1. The minimum absolute atomic E-state index is 0.240. The first-order valence-electron chi connectivity index (χ1n) is 6.05. The summed E-state index contributed by atoms with van der Waals surface area (Å²) in [6, 6.07) is 6.85. The van der Waals surface area contributed by atoms with Crippen LogP contribution in [-0.4, -0.2) is 10.8 Å². The van der Waals surface area contributed by atoms with Gasteiger partial charge in [-0.3, -0.25) is 0 Å². The van der Waals surface area contributed by atoms with Gasteiger partial charge in [-0.1, -0.05) is 33.8 Å². The third kappa shape index (κ3) is 5.45. The molecular weight excluding hydrogens is 294 g/mol. The molecule has 3 heteroatoms. The molecule has 0 amide bonds. The van der Waals surface area contributed by atoms with Crippen molar-refractivity contribution in [3.63, 3.8) is 0 Å². The number of rotatable bonds is 4. The van der Waals surface area contributed by atoms with Crippen molar-refractivity contribution in [2.75, 3.05) is 0 Å². The molecule has 0 heterocycles. The fourth-order valence-electron chi connectivity index (χ4n) is 1.53. The Labute approximate surface area is 118 Å². The molecule has 0 radical (unpaired) electrons. The van der Waals surface area contributed by atoms with Crippen LogP contribution in [0, 0.1) is 0 Å². The Morgan fingerprint density at radius 3 is 2.47 bits per heavy atom. The van der Waals surface area contributed by atoms with Gasteiger partial charge in [0.2, 0.25) is 0 Å². The van der Waals surface area contributed by atoms with Crippen LogP contribution in [-0.2, 0) is 6.42 Å². The summed E-state index contributed by atoms with van der Waals surface area (Å²) >= 11 is 5.53. The van der Waals surface area contributed by atoms with Crippen molar-refractivity contribution < 1.29 is 0 Å². The molecule has 0 fully saturated rings. The van der Waals surface area contributed by atoms with Crippen LogP contribution < -0.4 is 5.73 Å². The van der Waals surface area contributed by atoms with Gasteiger partial charge >= 0.3 is 0 Å². The van der Waals surface area contributed by atoms with E-state index in [2.05, 4.69) is 61.8 Å². The van der Waals surface area contributed by atoms with Crippen LogP contribution in [0.4, 0.5) is 0 Å². The van der Waals surface area contributed by atoms with Crippen molar-refractivity contribution in [3.8, 4) is 0 Å². The van der Waals surface area contributed by atoms with E-state index < -0.39 is 0 Å². The van der Waals surface area contributed by atoms with Crippen LogP contribution >= 0.6 is 27.7 Å². The van der Waals surface area contributed by atoms with Crippen LogP contribution in [0.5, 0.6) is 0 Å². The topological polar surface area (TPSA) is 26.0 Å². The molecule has 0 aliphatic heterocycles. The van der Waals surface area contributed by atoms with Crippen molar-refractivity contribution in [1.82, 2.24) is 0 Å². The maximum absolute atomic E-state index is 5.97. The molecule has 0 saturated carbocycles. The highest BCUT2D eigenvalue weighted by Crippen LogP contribution is 2.37. The Morgan fingerprint density at radius 2 is 2.00 bits per heavy atom. The predicted molar refractivity (Wildman–Crippen MR) is 81.7 cm³/mol. The molecule has 0 aliphatic rings. The average Bonchev–Trinajstić information content (AvgIpc) is 2.20. The molecular formula is C14H22BrNS. The Hall–Kier alpha value is 0.01000. The van der Waals surface area contributed by atoms with Gasteiger partial charge in [-0.05, 0) is 46.5 Å². The molecule has 1 rings (SSSR count). The summed E-state index contributed by atoms with van der Waals surface area (Å²) in [6.07, 6.45) is 1.98. The number of nitrogens with two attached hydrogens (primary N) is 1. The maximum Gasteiger partial charge on any atom is 0.0314 e. The summed E-state index contributed by atoms with van der Waals surface area (Å²) in [5.74, 6) is 0. The first kappa shape index (κ1) is 15.1. The number of thioether (sulfide) groups is 1. The molecule has 1 nitrogen and oxygen atoms in total. The molecule has 96 valence electrons. The molecule has 1 aromatic rings. The van der Waals surface area contributed by atoms with Gasteiger partial charge in [0.25, 0.3) is 0 Å². The molecule has 0 aromatic heterocycles. The molecule has 2 N–H and O–H groups in total. The van der Waals surface area contributed by atoms with Gasteiger partial charge in [-0.2, -0.15) is 0 Å². The fourth-order valence-corrected chi connectivity index (χ4v) is 3.15. The van der Waals surface area contributed by atoms with Gasteiger partial charge in [0.05, 0.1) is 0 Å². The fraction of sp³-hybridized carbons (Fsp3) is 0.571. The lowest BCUT2D eigenvalue weighted by Crippen LogP contribution is -2.21. The summed E-state index contributed by atoms with van der Waals surface area (Å²) in [4.78, 5) is 1.30. The van der Waals surface area contributed by atoms with Crippen molar-refractivity contribution in [3.05, 3.63) is 28.2 Å². The van der Waals surface area contributed by atoms with E-state index in [4.69, 9.17) is 5.73 Å². The van der Waals surface area contributed by atoms with Gasteiger partial charge in [0.1, 0.15) is 0 Å². The van der Waals surface area contributed by atoms with E-state index in [1.807, 2.05) is 11.8 Å². The second-order valence-corrected chi connectivity index (χ2v) is 8.07. The van der Waals surface area contributed by atoms with E-state index in [0.717, 1.165) is 12.8 Å².